The predicted octanol–water partition coefficient (Wildman–Crippen LogP) is 5.55. The number of rotatable bonds is 13. The first-order chi connectivity index (χ1) is 18.6. The fourth-order valence-electron chi connectivity index (χ4n) is 4.93. The quantitative estimate of drug-likeness (QED) is 0.304. The van der Waals surface area contributed by atoms with E-state index in [0.717, 1.165) is 48.3 Å². The Morgan fingerprint density at radius 2 is 1.47 bits per heavy atom. The van der Waals surface area contributed by atoms with Gasteiger partial charge >= 0.3 is 0 Å². The molecule has 1 saturated carbocycles. The van der Waals surface area contributed by atoms with Crippen molar-refractivity contribution in [2.75, 3.05) is 13.7 Å². The highest BCUT2D eigenvalue weighted by molar-refractivity contribution is 5.88. The van der Waals surface area contributed by atoms with Crippen LogP contribution in [0.15, 0.2) is 84.9 Å². The fraction of sp³-hybridized carbons (Fsp3) is 0.375. The average molecular weight is 515 g/mol. The summed E-state index contributed by atoms with van der Waals surface area (Å²) in [6.45, 7) is 0.795. The van der Waals surface area contributed by atoms with Crippen LogP contribution < -0.4 is 14.8 Å². The van der Waals surface area contributed by atoms with E-state index < -0.39 is 6.04 Å². The molecule has 1 fully saturated rings. The Labute approximate surface area is 226 Å². The smallest absolute Gasteiger partial charge is 0.243 e. The summed E-state index contributed by atoms with van der Waals surface area (Å²) in [7, 11) is 1.63. The van der Waals surface area contributed by atoms with Crippen molar-refractivity contribution in [3.8, 4) is 11.5 Å². The van der Waals surface area contributed by atoms with Gasteiger partial charge in [-0.15, -0.1) is 0 Å². The Morgan fingerprint density at radius 3 is 2.11 bits per heavy atom. The van der Waals surface area contributed by atoms with Gasteiger partial charge in [0.2, 0.25) is 11.8 Å². The molecule has 1 aliphatic rings. The monoisotopic (exact) mass is 514 g/mol. The number of nitrogens with zero attached hydrogens (tertiary/aromatic N) is 1. The molecule has 200 valence electrons. The third-order valence-electron chi connectivity index (χ3n) is 7.03. The van der Waals surface area contributed by atoms with Gasteiger partial charge in [0.15, 0.2) is 0 Å². The van der Waals surface area contributed by atoms with E-state index in [1.165, 1.54) is 0 Å². The summed E-state index contributed by atoms with van der Waals surface area (Å²) in [5, 5.41) is 3.25. The van der Waals surface area contributed by atoms with E-state index in [4.69, 9.17) is 9.47 Å². The zero-order valence-corrected chi connectivity index (χ0v) is 22.2. The van der Waals surface area contributed by atoms with Gasteiger partial charge in [-0.3, -0.25) is 9.59 Å². The van der Waals surface area contributed by atoms with E-state index in [9.17, 15) is 9.59 Å². The van der Waals surface area contributed by atoms with Crippen LogP contribution in [0.2, 0.25) is 0 Å². The Kier molecular flexibility index (Phi) is 10.2. The molecule has 3 aromatic rings. The molecule has 1 unspecified atom stereocenters. The van der Waals surface area contributed by atoms with E-state index in [-0.39, 0.29) is 17.9 Å². The highest BCUT2D eigenvalue weighted by atomic mass is 16.5. The van der Waals surface area contributed by atoms with Crippen molar-refractivity contribution >= 4 is 11.8 Å². The number of carbonyl (C=O) groups excluding carboxylic acids is 2. The number of benzene rings is 3. The maximum absolute atomic E-state index is 13.7. The zero-order valence-electron chi connectivity index (χ0n) is 22.2. The summed E-state index contributed by atoms with van der Waals surface area (Å²) in [4.78, 5) is 29.1. The third kappa shape index (κ3) is 8.10. The van der Waals surface area contributed by atoms with E-state index in [1.807, 2.05) is 84.9 Å². The predicted molar refractivity (Wildman–Crippen MR) is 149 cm³/mol. The number of methoxy groups -OCH3 is 1. The Hall–Kier alpha value is -3.80. The Balaban J connectivity index is 1.47. The van der Waals surface area contributed by atoms with Crippen molar-refractivity contribution in [2.24, 2.45) is 0 Å². The zero-order chi connectivity index (χ0) is 26.6. The highest BCUT2D eigenvalue weighted by Crippen LogP contribution is 2.21. The third-order valence-corrected chi connectivity index (χ3v) is 7.03. The van der Waals surface area contributed by atoms with E-state index >= 15 is 0 Å². The molecule has 0 heterocycles. The molecule has 1 N–H and O–H groups in total. The highest BCUT2D eigenvalue weighted by Gasteiger charge is 2.31. The van der Waals surface area contributed by atoms with Crippen molar-refractivity contribution in [2.45, 2.75) is 63.6 Å². The molecule has 38 heavy (non-hydrogen) atoms. The lowest BCUT2D eigenvalue weighted by molar-refractivity contribution is -0.141. The minimum absolute atomic E-state index is 0.0466. The van der Waals surface area contributed by atoms with E-state index in [0.29, 0.717) is 32.4 Å². The van der Waals surface area contributed by atoms with E-state index in [1.54, 1.807) is 12.0 Å². The summed E-state index contributed by atoms with van der Waals surface area (Å²) in [6, 6.07) is 26.8. The number of hydrogen-bond acceptors (Lipinski definition) is 4. The number of carbonyl (C=O) groups is 2. The van der Waals surface area contributed by atoms with Crippen LogP contribution in [0.1, 0.15) is 49.7 Å². The molecule has 6 heteroatoms. The first-order valence-corrected chi connectivity index (χ1v) is 13.6. The van der Waals surface area contributed by atoms with Crippen molar-refractivity contribution in [3.05, 3.63) is 96.1 Å². The van der Waals surface area contributed by atoms with Gasteiger partial charge in [0, 0.05) is 25.4 Å². The standard InChI is InChI=1S/C32H38N2O4/c1-37-28-18-20-29(21-19-28)38-22-10-17-31(35)34(24-26-13-6-3-7-14-26)30(23-25-11-4-2-5-12-25)32(36)33-27-15-8-9-16-27/h2-7,11-14,18-21,27,30H,8-10,15-17,22-24H2,1H3,(H,33,36). The van der Waals surface area contributed by atoms with Gasteiger partial charge in [0.05, 0.1) is 13.7 Å². The molecule has 1 aliphatic carbocycles. The molecule has 1 atom stereocenters. The van der Waals surface area contributed by atoms with Crippen LogP contribution in [-0.2, 0) is 22.6 Å². The van der Waals surface area contributed by atoms with Crippen molar-refractivity contribution < 1.29 is 19.1 Å². The molecule has 0 radical (unpaired) electrons. The molecular weight excluding hydrogens is 476 g/mol. The Bertz CT molecular complexity index is 1130. The van der Waals surface area contributed by atoms with Gasteiger partial charge in [0.1, 0.15) is 17.5 Å². The summed E-state index contributed by atoms with van der Waals surface area (Å²) in [6.07, 6.45) is 5.59. The largest absolute Gasteiger partial charge is 0.497 e. The maximum Gasteiger partial charge on any atom is 0.243 e. The normalized spacial score (nSPS) is 14.0. The molecule has 2 amide bonds. The molecular formula is C32H38N2O4. The number of amides is 2. The molecule has 3 aromatic carbocycles. The average Bonchev–Trinajstić information content (AvgIpc) is 3.47. The van der Waals surface area contributed by atoms with Crippen LogP contribution in [0, 0.1) is 0 Å². The number of ether oxygens (including phenoxy) is 2. The summed E-state index contributed by atoms with van der Waals surface area (Å²) < 4.78 is 11.0. The summed E-state index contributed by atoms with van der Waals surface area (Å²) >= 11 is 0. The van der Waals surface area contributed by atoms with Crippen LogP contribution >= 0.6 is 0 Å². The van der Waals surface area contributed by atoms with Gasteiger partial charge in [-0.25, -0.2) is 0 Å². The van der Waals surface area contributed by atoms with Crippen LogP contribution in [0.25, 0.3) is 0 Å². The van der Waals surface area contributed by atoms with Gasteiger partial charge in [-0.1, -0.05) is 73.5 Å². The molecule has 0 spiro atoms. The second-order valence-corrected chi connectivity index (χ2v) is 9.83. The van der Waals surface area contributed by atoms with Gasteiger partial charge in [-0.2, -0.15) is 0 Å². The summed E-state index contributed by atoms with van der Waals surface area (Å²) in [5.74, 6) is 1.39. The molecule has 0 saturated heterocycles. The lowest BCUT2D eigenvalue weighted by atomic mass is 10.0. The second kappa shape index (κ2) is 14.2. The van der Waals surface area contributed by atoms with Crippen molar-refractivity contribution in [3.63, 3.8) is 0 Å². The van der Waals surface area contributed by atoms with Crippen molar-refractivity contribution in [1.29, 1.82) is 0 Å². The number of hydrogen-bond donors (Lipinski definition) is 1. The topological polar surface area (TPSA) is 67.9 Å². The minimum atomic E-state index is -0.590. The molecule has 4 rings (SSSR count). The first kappa shape index (κ1) is 27.2. The lowest BCUT2D eigenvalue weighted by Gasteiger charge is -2.32. The second-order valence-electron chi connectivity index (χ2n) is 9.83. The molecule has 0 bridgehead atoms. The van der Waals surface area contributed by atoms with Gasteiger partial charge < -0.3 is 19.7 Å². The van der Waals surface area contributed by atoms with Gasteiger partial charge in [0.25, 0.3) is 0 Å². The summed E-state index contributed by atoms with van der Waals surface area (Å²) in [5.41, 5.74) is 2.04. The minimum Gasteiger partial charge on any atom is -0.497 e. The fourth-order valence-corrected chi connectivity index (χ4v) is 4.93. The lowest BCUT2D eigenvalue weighted by Crippen LogP contribution is -2.52. The Morgan fingerprint density at radius 1 is 0.868 bits per heavy atom. The molecule has 6 nitrogen and oxygen atoms in total. The van der Waals surface area contributed by atoms with Gasteiger partial charge in [-0.05, 0) is 54.7 Å². The van der Waals surface area contributed by atoms with Crippen molar-refractivity contribution in [1.82, 2.24) is 10.2 Å². The first-order valence-electron chi connectivity index (χ1n) is 13.6. The SMILES string of the molecule is COc1ccc(OCCCC(=O)N(Cc2ccccc2)C(Cc2ccccc2)C(=O)NC2CCCC2)cc1. The van der Waals surface area contributed by atoms with Crippen LogP contribution in [0.5, 0.6) is 11.5 Å². The molecule has 0 aromatic heterocycles. The molecule has 0 aliphatic heterocycles. The number of nitrogens with one attached hydrogen (secondary N) is 1. The van der Waals surface area contributed by atoms with Crippen LogP contribution in [0.3, 0.4) is 0 Å². The van der Waals surface area contributed by atoms with Crippen LogP contribution in [-0.4, -0.2) is 42.5 Å². The van der Waals surface area contributed by atoms with Crippen LogP contribution in [0.4, 0.5) is 0 Å². The maximum atomic E-state index is 13.7. The van der Waals surface area contributed by atoms with E-state index in [2.05, 4.69) is 5.32 Å².